The van der Waals surface area contributed by atoms with Crippen LogP contribution in [0.5, 0.6) is 0 Å². The standard InChI is InChI=1S/C32H31NOS/c1-18(2)15-26-19(3)28-25(34-26)12-11-23-29-27(35-31(23)28)13-14-33-30(29)21-16-20-9-7-8-10-22(20)24(17-21)32(4,5)6/h7-14,16-18H,15H2,1-6H3. The number of hydrogen-bond donors (Lipinski definition) is 0. The van der Waals surface area contributed by atoms with Crippen LogP contribution in [0.4, 0.5) is 0 Å². The first-order chi connectivity index (χ1) is 16.7. The number of pyridine rings is 1. The summed E-state index contributed by atoms with van der Waals surface area (Å²) in [5.74, 6) is 1.68. The van der Waals surface area contributed by atoms with Gasteiger partial charge in [-0.25, -0.2) is 0 Å². The fraction of sp³-hybridized carbons (Fsp3) is 0.281. The minimum atomic E-state index is 0.0348. The second-order valence-electron chi connectivity index (χ2n) is 11.2. The van der Waals surface area contributed by atoms with Crippen LogP contribution in [-0.4, -0.2) is 4.98 Å². The van der Waals surface area contributed by atoms with E-state index in [9.17, 15) is 0 Å². The van der Waals surface area contributed by atoms with Crippen LogP contribution in [0, 0.1) is 12.8 Å². The summed E-state index contributed by atoms with van der Waals surface area (Å²) in [6.45, 7) is 13.6. The maximum Gasteiger partial charge on any atom is 0.136 e. The van der Waals surface area contributed by atoms with Gasteiger partial charge in [0, 0.05) is 43.7 Å². The summed E-state index contributed by atoms with van der Waals surface area (Å²) in [7, 11) is 0. The lowest BCUT2D eigenvalue weighted by atomic mass is 9.82. The lowest BCUT2D eigenvalue weighted by Gasteiger charge is -2.23. The van der Waals surface area contributed by atoms with E-state index in [0.717, 1.165) is 23.5 Å². The summed E-state index contributed by atoms with van der Waals surface area (Å²) >= 11 is 1.86. The fourth-order valence-corrected chi connectivity index (χ4v) is 6.70. The van der Waals surface area contributed by atoms with Crippen LogP contribution in [0.2, 0.25) is 0 Å². The van der Waals surface area contributed by atoms with Crippen LogP contribution in [-0.2, 0) is 11.8 Å². The van der Waals surface area contributed by atoms with Crippen LogP contribution in [0.1, 0.15) is 51.5 Å². The van der Waals surface area contributed by atoms with Crippen molar-refractivity contribution >= 4 is 53.3 Å². The van der Waals surface area contributed by atoms with Crippen molar-refractivity contribution in [3.05, 3.63) is 77.7 Å². The van der Waals surface area contributed by atoms with Gasteiger partial charge in [-0.1, -0.05) is 58.9 Å². The zero-order valence-corrected chi connectivity index (χ0v) is 22.1. The zero-order chi connectivity index (χ0) is 24.5. The van der Waals surface area contributed by atoms with Crippen molar-refractivity contribution in [1.29, 1.82) is 0 Å². The molecule has 176 valence electrons. The fourth-order valence-electron chi connectivity index (χ4n) is 5.41. The molecule has 0 spiro atoms. The Bertz CT molecular complexity index is 1740. The summed E-state index contributed by atoms with van der Waals surface area (Å²) in [6, 6.07) is 19.9. The van der Waals surface area contributed by atoms with Crippen molar-refractivity contribution in [2.45, 2.75) is 53.4 Å². The number of thiophene rings is 1. The molecular formula is C32H31NOS. The maximum absolute atomic E-state index is 6.32. The van der Waals surface area contributed by atoms with E-state index in [1.54, 1.807) is 0 Å². The van der Waals surface area contributed by atoms with Crippen LogP contribution >= 0.6 is 11.3 Å². The molecule has 2 nitrogen and oxygen atoms in total. The number of benzene rings is 3. The third-order valence-electron chi connectivity index (χ3n) is 7.08. The molecule has 6 rings (SSSR count). The van der Waals surface area contributed by atoms with E-state index >= 15 is 0 Å². The van der Waals surface area contributed by atoms with E-state index in [1.165, 1.54) is 53.0 Å². The molecule has 0 saturated carbocycles. The van der Waals surface area contributed by atoms with Gasteiger partial charge in [0.2, 0.25) is 0 Å². The van der Waals surface area contributed by atoms with Crippen molar-refractivity contribution in [2.24, 2.45) is 5.92 Å². The van der Waals surface area contributed by atoms with E-state index < -0.39 is 0 Å². The molecule has 3 aromatic heterocycles. The Kier molecular flexibility index (Phi) is 5.05. The van der Waals surface area contributed by atoms with E-state index in [4.69, 9.17) is 9.40 Å². The van der Waals surface area contributed by atoms with Crippen molar-refractivity contribution < 1.29 is 4.42 Å². The van der Waals surface area contributed by atoms with Gasteiger partial charge in [0.05, 0.1) is 5.69 Å². The highest BCUT2D eigenvalue weighted by atomic mass is 32.1. The number of rotatable bonds is 3. The number of fused-ring (bicyclic) bond motifs is 6. The Morgan fingerprint density at radius 3 is 2.51 bits per heavy atom. The van der Waals surface area contributed by atoms with Gasteiger partial charge in [-0.2, -0.15) is 0 Å². The zero-order valence-electron chi connectivity index (χ0n) is 21.3. The molecule has 3 heterocycles. The number of nitrogens with zero attached hydrogens (tertiary/aromatic N) is 1. The summed E-state index contributed by atoms with van der Waals surface area (Å²) < 4.78 is 8.90. The van der Waals surface area contributed by atoms with Gasteiger partial charge in [0.25, 0.3) is 0 Å². The summed E-state index contributed by atoms with van der Waals surface area (Å²) in [4.78, 5) is 4.96. The third kappa shape index (κ3) is 3.56. The molecule has 0 N–H and O–H groups in total. The minimum absolute atomic E-state index is 0.0348. The molecule has 0 radical (unpaired) electrons. The first kappa shape index (κ1) is 22.3. The molecule has 0 aliphatic heterocycles. The third-order valence-corrected chi connectivity index (χ3v) is 8.27. The molecule has 0 amide bonds. The first-order valence-electron chi connectivity index (χ1n) is 12.5. The summed E-state index contributed by atoms with van der Waals surface area (Å²) in [6.07, 6.45) is 2.93. The Hall–Kier alpha value is -3.17. The molecule has 0 atom stereocenters. The van der Waals surface area contributed by atoms with Crippen LogP contribution < -0.4 is 0 Å². The van der Waals surface area contributed by atoms with Crippen molar-refractivity contribution in [1.82, 2.24) is 4.98 Å². The molecule has 0 aliphatic rings. The van der Waals surface area contributed by atoms with Gasteiger partial charge in [-0.3, -0.25) is 4.98 Å². The Morgan fingerprint density at radius 1 is 0.943 bits per heavy atom. The quantitative estimate of drug-likeness (QED) is 0.253. The monoisotopic (exact) mass is 477 g/mol. The lowest BCUT2D eigenvalue weighted by molar-refractivity contribution is 0.496. The van der Waals surface area contributed by atoms with Gasteiger partial charge < -0.3 is 4.42 Å². The smallest absolute Gasteiger partial charge is 0.136 e. The Labute approximate surface area is 210 Å². The second kappa shape index (κ2) is 7.93. The van der Waals surface area contributed by atoms with Crippen molar-refractivity contribution in [3.8, 4) is 11.3 Å². The molecule has 6 aromatic rings. The normalized spacial score (nSPS) is 12.7. The predicted octanol–water partition coefficient (Wildman–Crippen LogP) is 9.82. The SMILES string of the molecule is Cc1c(CC(C)C)oc2ccc3c(sc4ccnc(-c5cc(C(C)(C)C)c6ccccc6c5)c43)c12. The van der Waals surface area contributed by atoms with Crippen molar-refractivity contribution in [3.63, 3.8) is 0 Å². The maximum atomic E-state index is 6.32. The number of aromatic nitrogens is 1. The topological polar surface area (TPSA) is 26.0 Å². The van der Waals surface area contributed by atoms with E-state index in [1.807, 2.05) is 17.5 Å². The van der Waals surface area contributed by atoms with Crippen LogP contribution in [0.3, 0.4) is 0 Å². The van der Waals surface area contributed by atoms with E-state index in [-0.39, 0.29) is 5.41 Å². The van der Waals surface area contributed by atoms with Gasteiger partial charge in [0.15, 0.2) is 0 Å². The van der Waals surface area contributed by atoms with Crippen LogP contribution in [0.15, 0.2) is 65.2 Å². The largest absolute Gasteiger partial charge is 0.461 e. The first-order valence-corrected chi connectivity index (χ1v) is 13.3. The Balaban J connectivity index is 1.66. The van der Waals surface area contributed by atoms with Gasteiger partial charge in [0.1, 0.15) is 11.3 Å². The molecule has 35 heavy (non-hydrogen) atoms. The highest BCUT2D eigenvalue weighted by Crippen LogP contribution is 2.45. The molecule has 3 aromatic carbocycles. The van der Waals surface area contributed by atoms with Gasteiger partial charge in [-0.05, 0) is 70.5 Å². The van der Waals surface area contributed by atoms with Gasteiger partial charge in [-0.15, -0.1) is 11.3 Å². The molecular weight excluding hydrogens is 446 g/mol. The number of hydrogen-bond acceptors (Lipinski definition) is 3. The second-order valence-corrected chi connectivity index (χ2v) is 12.2. The van der Waals surface area contributed by atoms with Crippen LogP contribution in [0.25, 0.3) is 53.2 Å². The highest BCUT2D eigenvalue weighted by Gasteiger charge is 2.22. The molecule has 3 heteroatoms. The molecule has 0 saturated heterocycles. The summed E-state index contributed by atoms with van der Waals surface area (Å²) in [5.41, 5.74) is 5.91. The molecule has 0 aliphatic carbocycles. The minimum Gasteiger partial charge on any atom is -0.461 e. The van der Waals surface area contributed by atoms with E-state index in [0.29, 0.717) is 5.92 Å². The molecule has 0 bridgehead atoms. The number of furan rings is 1. The highest BCUT2D eigenvalue weighted by molar-refractivity contribution is 7.26. The molecule has 0 unspecified atom stereocenters. The molecule has 0 fully saturated rings. The number of aryl methyl sites for hydroxylation is 1. The van der Waals surface area contributed by atoms with E-state index in [2.05, 4.69) is 96.1 Å². The lowest BCUT2D eigenvalue weighted by Crippen LogP contribution is -2.12. The van der Waals surface area contributed by atoms with Crippen molar-refractivity contribution in [2.75, 3.05) is 0 Å². The predicted molar refractivity (Wildman–Crippen MR) is 152 cm³/mol. The Morgan fingerprint density at radius 2 is 1.74 bits per heavy atom. The van der Waals surface area contributed by atoms with Gasteiger partial charge >= 0.3 is 0 Å². The average molecular weight is 478 g/mol. The average Bonchev–Trinajstić information content (AvgIpc) is 3.34. The summed E-state index contributed by atoms with van der Waals surface area (Å²) in [5, 5.41) is 6.36.